The maximum absolute atomic E-state index is 6.03. The van der Waals surface area contributed by atoms with E-state index >= 15 is 0 Å². The van der Waals surface area contributed by atoms with Crippen molar-refractivity contribution in [2.75, 3.05) is 24.7 Å². The van der Waals surface area contributed by atoms with E-state index in [0.29, 0.717) is 28.8 Å². The van der Waals surface area contributed by atoms with E-state index in [-0.39, 0.29) is 0 Å². The van der Waals surface area contributed by atoms with Gasteiger partial charge in [-0.2, -0.15) is 0 Å². The third-order valence-electron chi connectivity index (χ3n) is 1.77. The summed E-state index contributed by atoms with van der Waals surface area (Å²) in [6.07, 6.45) is 1.92. The summed E-state index contributed by atoms with van der Waals surface area (Å²) in [5.41, 5.74) is 6.07. The standard InChI is InChI=1S/C10H13Cl2N3S/c1-16-10(14-6-5-13)15-9-7(11)3-2-4-8(9)12/h2-4H,5-6,13H2,1H3,(H,14,15). The molecule has 1 aromatic rings. The number of nitrogens with zero attached hydrogens (tertiary/aromatic N) is 1. The van der Waals surface area contributed by atoms with Crippen LogP contribution in [-0.4, -0.2) is 24.5 Å². The van der Waals surface area contributed by atoms with Crippen LogP contribution in [0.25, 0.3) is 0 Å². The predicted octanol–water partition coefficient (Wildman–Crippen LogP) is 3.08. The first kappa shape index (κ1) is 13.6. The van der Waals surface area contributed by atoms with Crippen LogP contribution in [0.15, 0.2) is 23.2 Å². The molecule has 1 rings (SSSR count). The van der Waals surface area contributed by atoms with Gasteiger partial charge in [0, 0.05) is 6.54 Å². The molecular formula is C10H13Cl2N3S. The van der Waals surface area contributed by atoms with Gasteiger partial charge < -0.3 is 11.1 Å². The Morgan fingerprint density at radius 1 is 1.44 bits per heavy atom. The summed E-state index contributed by atoms with van der Waals surface area (Å²) < 4.78 is 0. The Kier molecular flexibility index (Phi) is 5.98. The molecule has 0 aliphatic carbocycles. The molecule has 16 heavy (non-hydrogen) atoms. The van der Waals surface area contributed by atoms with Crippen LogP contribution in [0.3, 0.4) is 0 Å². The molecule has 3 N–H and O–H groups in total. The fourth-order valence-corrected chi connectivity index (χ4v) is 1.96. The Bertz CT molecular complexity index is 362. The molecule has 0 fully saturated rings. The molecule has 88 valence electrons. The van der Waals surface area contributed by atoms with Gasteiger partial charge in [0.25, 0.3) is 0 Å². The molecule has 0 unspecified atom stereocenters. The number of rotatable bonds is 3. The third kappa shape index (κ3) is 3.87. The first-order chi connectivity index (χ1) is 7.69. The van der Waals surface area contributed by atoms with Crippen LogP contribution in [0.1, 0.15) is 0 Å². The summed E-state index contributed by atoms with van der Waals surface area (Å²) in [7, 11) is 0. The quantitative estimate of drug-likeness (QED) is 0.660. The van der Waals surface area contributed by atoms with Gasteiger partial charge in [-0.05, 0) is 18.4 Å². The molecule has 0 saturated carbocycles. The van der Waals surface area contributed by atoms with Gasteiger partial charge in [-0.15, -0.1) is 0 Å². The number of nitrogens with two attached hydrogens (primary N) is 1. The first-order valence-corrected chi connectivity index (χ1v) is 6.66. The van der Waals surface area contributed by atoms with Crippen LogP contribution >= 0.6 is 35.0 Å². The second-order valence-electron chi connectivity index (χ2n) is 2.90. The van der Waals surface area contributed by atoms with Gasteiger partial charge in [-0.3, -0.25) is 4.99 Å². The zero-order valence-corrected chi connectivity index (χ0v) is 11.2. The first-order valence-electron chi connectivity index (χ1n) is 4.68. The zero-order chi connectivity index (χ0) is 12.0. The van der Waals surface area contributed by atoms with E-state index in [1.165, 1.54) is 11.8 Å². The fourth-order valence-electron chi connectivity index (χ4n) is 1.05. The number of thioether (sulfide) groups is 1. The number of nitrogens with one attached hydrogen (secondary N) is 1. The van der Waals surface area contributed by atoms with Crippen LogP contribution in [-0.2, 0) is 0 Å². The topological polar surface area (TPSA) is 50.4 Å². The second kappa shape index (κ2) is 7.01. The summed E-state index contributed by atoms with van der Waals surface area (Å²) >= 11 is 13.5. The lowest BCUT2D eigenvalue weighted by Gasteiger charge is -2.10. The number of hydrogen-bond donors (Lipinski definition) is 2. The molecule has 0 aliphatic heterocycles. The number of amidine groups is 1. The summed E-state index contributed by atoms with van der Waals surface area (Å²) in [6.45, 7) is 1.09. The van der Waals surface area contributed by atoms with Gasteiger partial charge in [-0.1, -0.05) is 41.0 Å². The maximum Gasteiger partial charge on any atom is 0.160 e. The minimum absolute atomic E-state index is 0.516. The Hall–Kier alpha value is -0.420. The molecular weight excluding hydrogens is 265 g/mol. The Labute approximate surface area is 109 Å². The van der Waals surface area contributed by atoms with E-state index < -0.39 is 0 Å². The van der Waals surface area contributed by atoms with Gasteiger partial charge in [0.15, 0.2) is 5.17 Å². The van der Waals surface area contributed by atoms with E-state index in [9.17, 15) is 0 Å². The molecule has 0 aliphatic rings. The molecule has 0 radical (unpaired) electrons. The van der Waals surface area contributed by atoms with Crippen molar-refractivity contribution in [2.45, 2.75) is 0 Å². The Balaban J connectivity index is 2.85. The highest BCUT2D eigenvalue weighted by molar-refractivity contribution is 8.13. The van der Waals surface area contributed by atoms with Crippen LogP contribution in [0.5, 0.6) is 0 Å². The van der Waals surface area contributed by atoms with Crippen LogP contribution in [0, 0.1) is 0 Å². The lowest BCUT2D eigenvalue weighted by Crippen LogP contribution is -2.11. The number of anilines is 1. The minimum Gasteiger partial charge on any atom is -0.333 e. The lowest BCUT2D eigenvalue weighted by molar-refractivity contribution is 0.979. The summed E-state index contributed by atoms with van der Waals surface area (Å²) in [5, 5.41) is 4.99. The van der Waals surface area contributed by atoms with Crippen molar-refractivity contribution in [2.24, 2.45) is 10.7 Å². The number of hydrogen-bond acceptors (Lipinski definition) is 3. The number of aliphatic imine (C=N–C) groups is 1. The van der Waals surface area contributed by atoms with E-state index in [1.54, 1.807) is 18.2 Å². The maximum atomic E-state index is 6.03. The van der Waals surface area contributed by atoms with Crippen LogP contribution in [0.2, 0.25) is 10.0 Å². The number of halogens is 2. The predicted molar refractivity (Wildman–Crippen MR) is 75.0 cm³/mol. The molecule has 0 spiro atoms. The molecule has 0 amide bonds. The van der Waals surface area contributed by atoms with Crippen LogP contribution < -0.4 is 11.1 Å². The van der Waals surface area contributed by atoms with Crippen molar-refractivity contribution in [1.29, 1.82) is 0 Å². The van der Waals surface area contributed by atoms with Crippen molar-refractivity contribution in [3.63, 3.8) is 0 Å². The van der Waals surface area contributed by atoms with Gasteiger partial charge in [0.2, 0.25) is 0 Å². The molecule has 0 heterocycles. The van der Waals surface area contributed by atoms with Crippen LogP contribution in [0.4, 0.5) is 5.69 Å². The SMILES string of the molecule is CSC(=NCCN)Nc1c(Cl)cccc1Cl. The van der Waals surface area contributed by atoms with Crippen molar-refractivity contribution >= 4 is 45.8 Å². The second-order valence-corrected chi connectivity index (χ2v) is 4.51. The summed E-state index contributed by atoms with van der Waals surface area (Å²) in [5.74, 6) is 0. The number of para-hydroxylation sites is 1. The van der Waals surface area contributed by atoms with E-state index in [0.717, 1.165) is 5.17 Å². The van der Waals surface area contributed by atoms with E-state index in [4.69, 9.17) is 28.9 Å². The highest BCUT2D eigenvalue weighted by atomic mass is 35.5. The van der Waals surface area contributed by atoms with Crippen molar-refractivity contribution in [3.8, 4) is 0 Å². The lowest BCUT2D eigenvalue weighted by atomic mass is 10.3. The minimum atomic E-state index is 0.516. The Morgan fingerprint density at radius 3 is 2.56 bits per heavy atom. The number of benzene rings is 1. The third-order valence-corrected chi connectivity index (χ3v) is 3.02. The normalized spacial score (nSPS) is 11.6. The molecule has 0 aromatic heterocycles. The molecule has 1 aromatic carbocycles. The average Bonchev–Trinajstić information content (AvgIpc) is 2.28. The van der Waals surface area contributed by atoms with Crippen molar-refractivity contribution in [3.05, 3.63) is 28.2 Å². The molecule has 3 nitrogen and oxygen atoms in total. The highest BCUT2D eigenvalue weighted by Gasteiger charge is 2.06. The molecule has 0 atom stereocenters. The molecule has 6 heteroatoms. The zero-order valence-electron chi connectivity index (χ0n) is 8.84. The monoisotopic (exact) mass is 277 g/mol. The highest BCUT2D eigenvalue weighted by Crippen LogP contribution is 2.30. The van der Waals surface area contributed by atoms with Gasteiger partial charge >= 0.3 is 0 Å². The van der Waals surface area contributed by atoms with Gasteiger partial charge in [-0.25, -0.2) is 0 Å². The average molecular weight is 278 g/mol. The Morgan fingerprint density at radius 2 is 2.06 bits per heavy atom. The smallest absolute Gasteiger partial charge is 0.160 e. The van der Waals surface area contributed by atoms with Gasteiger partial charge in [0.05, 0.1) is 22.3 Å². The van der Waals surface area contributed by atoms with E-state index in [1.807, 2.05) is 6.26 Å². The summed E-state index contributed by atoms with van der Waals surface area (Å²) in [4.78, 5) is 4.26. The molecule has 0 saturated heterocycles. The van der Waals surface area contributed by atoms with Crippen molar-refractivity contribution < 1.29 is 0 Å². The van der Waals surface area contributed by atoms with Gasteiger partial charge in [0.1, 0.15) is 0 Å². The largest absolute Gasteiger partial charge is 0.333 e. The summed E-state index contributed by atoms with van der Waals surface area (Å²) in [6, 6.07) is 5.35. The fraction of sp³-hybridized carbons (Fsp3) is 0.300. The van der Waals surface area contributed by atoms with Crippen molar-refractivity contribution in [1.82, 2.24) is 0 Å². The molecule has 0 bridgehead atoms. The van der Waals surface area contributed by atoms with E-state index in [2.05, 4.69) is 10.3 Å².